The maximum Gasteiger partial charge on any atom is 0.343 e. The molecule has 0 bridgehead atoms. The fourth-order valence-electron chi connectivity index (χ4n) is 3.22. The molecule has 208 valence electrons. The number of aliphatic hydroxyl groups excluding tert-OH is 1. The van der Waals surface area contributed by atoms with E-state index in [0.717, 1.165) is 0 Å². The summed E-state index contributed by atoms with van der Waals surface area (Å²) >= 11 is 17.5. The first kappa shape index (κ1) is 31.7. The molecule has 13 heteroatoms. The highest BCUT2D eigenvalue weighted by Crippen LogP contribution is 2.26. The molecule has 0 fully saturated rings. The predicted octanol–water partition coefficient (Wildman–Crippen LogP) is 5.56. The van der Waals surface area contributed by atoms with Gasteiger partial charge in [0.25, 0.3) is 0 Å². The van der Waals surface area contributed by atoms with Crippen LogP contribution >= 0.6 is 34.8 Å². The minimum absolute atomic E-state index is 0.0125. The Balaban J connectivity index is 0.000000274. The van der Waals surface area contributed by atoms with Crippen LogP contribution in [0, 0.1) is 0 Å². The van der Waals surface area contributed by atoms with E-state index in [1.807, 2.05) is 6.92 Å². The first-order valence-corrected chi connectivity index (χ1v) is 13.0. The van der Waals surface area contributed by atoms with E-state index in [4.69, 9.17) is 44.3 Å². The lowest BCUT2D eigenvalue weighted by molar-refractivity contribution is -0.137. The molecule has 3 rings (SSSR count). The maximum atomic E-state index is 12.3. The number of carbonyl (C=O) groups is 2. The van der Waals surface area contributed by atoms with E-state index in [2.05, 4.69) is 15.0 Å². The monoisotopic (exact) mass is 596 g/mol. The zero-order chi connectivity index (χ0) is 29.1. The summed E-state index contributed by atoms with van der Waals surface area (Å²) in [5.74, 6) is -1.66. The van der Waals surface area contributed by atoms with E-state index >= 15 is 0 Å². The van der Waals surface area contributed by atoms with Crippen LogP contribution in [0.5, 0.6) is 0 Å². The van der Waals surface area contributed by atoms with Crippen LogP contribution in [-0.4, -0.2) is 57.6 Å². The average molecular weight is 598 g/mol. The molecule has 0 aliphatic carbocycles. The van der Waals surface area contributed by atoms with Crippen molar-refractivity contribution in [3.05, 3.63) is 73.0 Å². The summed E-state index contributed by atoms with van der Waals surface area (Å²) in [6.45, 7) is 8.53. The number of hydrogen-bond acceptors (Lipinski definition) is 9. The average Bonchev–Trinajstić information content (AvgIpc) is 2.91. The van der Waals surface area contributed by atoms with E-state index in [-0.39, 0.29) is 56.4 Å². The van der Waals surface area contributed by atoms with Crippen molar-refractivity contribution in [3.8, 4) is 0 Å². The highest BCUT2D eigenvalue weighted by molar-refractivity contribution is 6.34. The van der Waals surface area contributed by atoms with Gasteiger partial charge in [-0.2, -0.15) is 0 Å². The van der Waals surface area contributed by atoms with E-state index in [0.29, 0.717) is 24.0 Å². The van der Waals surface area contributed by atoms with Gasteiger partial charge in [-0.1, -0.05) is 34.8 Å². The number of pyridine rings is 3. The van der Waals surface area contributed by atoms with Gasteiger partial charge in [0.2, 0.25) is 5.43 Å². The lowest BCUT2D eigenvalue weighted by Gasteiger charge is -2.10. The van der Waals surface area contributed by atoms with Crippen molar-refractivity contribution in [3.63, 3.8) is 0 Å². The highest BCUT2D eigenvalue weighted by atomic mass is 35.5. The smallest absolute Gasteiger partial charge is 0.343 e. The Morgan fingerprint density at radius 3 is 2.26 bits per heavy atom. The minimum atomic E-state index is -0.689. The second-order valence-corrected chi connectivity index (χ2v) is 8.68. The van der Waals surface area contributed by atoms with Crippen LogP contribution in [0.4, 0.5) is 0 Å². The molecule has 3 aromatic rings. The van der Waals surface area contributed by atoms with Crippen molar-refractivity contribution in [2.75, 3.05) is 19.8 Å². The van der Waals surface area contributed by atoms with Gasteiger partial charge in [0.05, 0.1) is 35.3 Å². The zero-order valence-corrected chi connectivity index (χ0v) is 24.0. The predicted molar refractivity (Wildman–Crippen MR) is 152 cm³/mol. The molecule has 0 unspecified atom stereocenters. The van der Waals surface area contributed by atoms with Crippen LogP contribution in [0.1, 0.15) is 43.6 Å². The number of aliphatic imine (C=N–C) groups is 1. The standard InChI is InChI=1S/C13H14Cl2N2O3.C13H13ClN2O3/c1-3-16-6-9(13(19)20-4-2)12(18)8-5-11(15)17-7-10(8)14;1-3-16-7-9(13(18)19-4-2)12(17)8-5-11(14)15-6-10(8)16/h5-7,18H,3-4H2,1-2H3;5-7H,3-4H2,1-2H3. The Bertz CT molecular complexity index is 1470. The molecule has 0 atom stereocenters. The lowest BCUT2D eigenvalue weighted by Crippen LogP contribution is -2.20. The van der Waals surface area contributed by atoms with Gasteiger partial charge in [-0.15, -0.1) is 0 Å². The van der Waals surface area contributed by atoms with Gasteiger partial charge in [0.1, 0.15) is 27.2 Å². The molecule has 0 radical (unpaired) electrons. The van der Waals surface area contributed by atoms with Gasteiger partial charge in [-0.25, -0.2) is 19.6 Å². The van der Waals surface area contributed by atoms with Crippen LogP contribution in [-0.2, 0) is 20.8 Å². The number of aryl methyl sites for hydroxylation is 1. The summed E-state index contributed by atoms with van der Waals surface area (Å²) in [5.41, 5.74) is 0.376. The van der Waals surface area contributed by atoms with E-state index in [1.54, 1.807) is 25.3 Å². The second-order valence-electron chi connectivity index (χ2n) is 7.50. The molecule has 0 spiro atoms. The van der Waals surface area contributed by atoms with Gasteiger partial charge in [-0.3, -0.25) is 9.79 Å². The van der Waals surface area contributed by atoms with Crippen molar-refractivity contribution in [2.45, 2.75) is 34.2 Å². The number of esters is 2. The van der Waals surface area contributed by atoms with Crippen LogP contribution in [0.25, 0.3) is 16.7 Å². The van der Waals surface area contributed by atoms with Crippen LogP contribution < -0.4 is 5.43 Å². The van der Waals surface area contributed by atoms with Gasteiger partial charge < -0.3 is 19.1 Å². The number of nitrogens with zero attached hydrogens (tertiary/aromatic N) is 4. The molecular formula is C26H27Cl3N4O6. The van der Waals surface area contributed by atoms with Crippen molar-refractivity contribution < 1.29 is 24.2 Å². The number of carbonyl (C=O) groups excluding carboxylic acids is 2. The second kappa shape index (κ2) is 15.2. The molecular weight excluding hydrogens is 571 g/mol. The van der Waals surface area contributed by atoms with Gasteiger partial charge in [-0.05, 0) is 39.8 Å². The Hall–Kier alpha value is -3.47. The van der Waals surface area contributed by atoms with Crippen LogP contribution in [0.2, 0.25) is 15.3 Å². The van der Waals surface area contributed by atoms with Crippen molar-refractivity contribution in [1.82, 2.24) is 14.5 Å². The van der Waals surface area contributed by atoms with E-state index < -0.39 is 11.9 Å². The third kappa shape index (κ3) is 8.26. The molecule has 3 aromatic heterocycles. The minimum Gasteiger partial charge on any atom is -0.506 e. The number of aromatic nitrogens is 3. The third-order valence-electron chi connectivity index (χ3n) is 5.00. The molecule has 0 saturated heterocycles. The Morgan fingerprint density at radius 1 is 1.00 bits per heavy atom. The van der Waals surface area contributed by atoms with Gasteiger partial charge in [0, 0.05) is 37.3 Å². The van der Waals surface area contributed by atoms with Crippen molar-refractivity contribution >= 4 is 69.6 Å². The summed E-state index contributed by atoms with van der Waals surface area (Å²) in [5, 5.41) is 11.1. The van der Waals surface area contributed by atoms with Gasteiger partial charge in [0.15, 0.2) is 0 Å². The first-order chi connectivity index (χ1) is 18.6. The summed E-state index contributed by atoms with van der Waals surface area (Å²) < 4.78 is 11.5. The number of ether oxygens (including phenoxy) is 2. The molecule has 0 aliphatic heterocycles. The molecule has 0 saturated carbocycles. The number of fused-ring (bicyclic) bond motifs is 1. The molecule has 1 N–H and O–H groups in total. The number of rotatable bonds is 8. The van der Waals surface area contributed by atoms with Crippen molar-refractivity contribution in [2.24, 2.45) is 4.99 Å². The van der Waals surface area contributed by atoms with Crippen LogP contribution in [0.3, 0.4) is 0 Å². The molecule has 0 aromatic carbocycles. The summed E-state index contributed by atoms with van der Waals surface area (Å²) in [6, 6.07) is 2.83. The van der Waals surface area contributed by atoms with E-state index in [1.165, 1.54) is 36.9 Å². The van der Waals surface area contributed by atoms with Crippen LogP contribution in [0.15, 0.2) is 46.1 Å². The molecule has 10 nitrogen and oxygen atoms in total. The lowest BCUT2D eigenvalue weighted by atomic mass is 10.1. The third-order valence-corrected chi connectivity index (χ3v) is 5.71. The molecule has 0 amide bonds. The molecule has 39 heavy (non-hydrogen) atoms. The topological polar surface area (TPSA) is 133 Å². The highest BCUT2D eigenvalue weighted by Gasteiger charge is 2.19. The molecule has 0 aliphatic rings. The number of hydrogen-bond donors (Lipinski definition) is 1. The quantitative estimate of drug-likeness (QED) is 0.117. The Kier molecular flexibility index (Phi) is 12.4. The molecule has 3 heterocycles. The van der Waals surface area contributed by atoms with Gasteiger partial charge >= 0.3 is 11.9 Å². The maximum absolute atomic E-state index is 12.3. The summed E-state index contributed by atoms with van der Waals surface area (Å²) in [6.07, 6.45) is 5.56. The number of halogens is 3. The first-order valence-electron chi connectivity index (χ1n) is 11.9. The SMILES string of the molecule is CCN=CC(C(=O)OCC)=C(O)c1cc(Cl)ncc1Cl.CCOC(=O)c1cn(CC)c2cnc(Cl)cc2c1=O. The van der Waals surface area contributed by atoms with E-state index in [9.17, 15) is 19.5 Å². The fraction of sp³-hybridized carbons (Fsp3) is 0.308. The van der Waals surface area contributed by atoms with Crippen molar-refractivity contribution in [1.29, 1.82) is 0 Å². The Labute approximate surface area is 239 Å². The largest absolute Gasteiger partial charge is 0.506 e. The fourth-order valence-corrected chi connectivity index (χ4v) is 3.73. The summed E-state index contributed by atoms with van der Waals surface area (Å²) in [7, 11) is 0. The normalized spacial score (nSPS) is 11.6. The number of aliphatic hydroxyl groups is 1. The zero-order valence-electron chi connectivity index (χ0n) is 21.7. The Morgan fingerprint density at radius 2 is 1.64 bits per heavy atom. The summed E-state index contributed by atoms with van der Waals surface area (Å²) in [4.78, 5) is 47.6.